The number of methoxy groups -OCH3 is 2. The summed E-state index contributed by atoms with van der Waals surface area (Å²) in [6.07, 6.45) is 2.39. The Morgan fingerprint density at radius 3 is 2.59 bits per heavy atom. The molecule has 118 valence electrons. The molecule has 0 spiro atoms. The number of halogens is 1. The first-order valence-corrected chi connectivity index (χ1v) is 8.29. The number of nitrogens with zero attached hydrogens (tertiary/aromatic N) is 1. The van der Waals surface area contributed by atoms with E-state index in [0.717, 1.165) is 22.7 Å². The molecule has 1 aromatic carbocycles. The van der Waals surface area contributed by atoms with E-state index in [2.05, 4.69) is 15.9 Å². The van der Waals surface area contributed by atoms with Crippen LogP contribution in [0.25, 0.3) is 6.08 Å². The molecule has 2 amide bonds. The minimum atomic E-state index is -0.266. The van der Waals surface area contributed by atoms with E-state index < -0.39 is 0 Å². The van der Waals surface area contributed by atoms with Crippen LogP contribution in [0.15, 0.2) is 21.5 Å². The molecule has 1 saturated heterocycles. The molecular weight excluding hydrogens is 370 g/mol. The molecule has 0 aromatic heterocycles. The number of hydrogen-bond acceptors (Lipinski definition) is 5. The van der Waals surface area contributed by atoms with Gasteiger partial charge < -0.3 is 9.47 Å². The number of imide groups is 1. The van der Waals surface area contributed by atoms with E-state index in [0.29, 0.717) is 28.5 Å². The standard InChI is InChI=1S/C15H16BrNO4S/c1-4-5-17-14(18)12(22-15(17)19)7-9-6-10(16)8-11(20-2)13(9)21-3/h6-8H,4-5H2,1-3H3/b12-7+. The third-order valence-corrected chi connectivity index (χ3v) is 4.45. The van der Waals surface area contributed by atoms with Crippen molar-refractivity contribution in [2.24, 2.45) is 0 Å². The van der Waals surface area contributed by atoms with Gasteiger partial charge in [0.1, 0.15) is 0 Å². The average Bonchev–Trinajstić information content (AvgIpc) is 2.74. The van der Waals surface area contributed by atoms with Crippen LogP contribution in [0.2, 0.25) is 0 Å². The van der Waals surface area contributed by atoms with Crippen molar-refractivity contribution in [1.29, 1.82) is 0 Å². The quantitative estimate of drug-likeness (QED) is 0.719. The van der Waals surface area contributed by atoms with E-state index in [1.165, 1.54) is 12.0 Å². The second-order valence-electron chi connectivity index (χ2n) is 4.56. The molecule has 0 aliphatic carbocycles. The maximum absolute atomic E-state index is 12.3. The Balaban J connectivity index is 2.43. The van der Waals surface area contributed by atoms with Crippen LogP contribution in [0.5, 0.6) is 11.5 Å². The smallest absolute Gasteiger partial charge is 0.293 e. The van der Waals surface area contributed by atoms with Crippen molar-refractivity contribution < 1.29 is 19.1 Å². The first-order chi connectivity index (χ1) is 10.5. The molecule has 5 nitrogen and oxygen atoms in total. The largest absolute Gasteiger partial charge is 0.493 e. The van der Waals surface area contributed by atoms with E-state index in [4.69, 9.17) is 9.47 Å². The minimum absolute atomic E-state index is 0.237. The lowest BCUT2D eigenvalue weighted by Gasteiger charge is -2.12. The Morgan fingerprint density at radius 2 is 2.00 bits per heavy atom. The van der Waals surface area contributed by atoms with Crippen LogP contribution in [0.3, 0.4) is 0 Å². The van der Waals surface area contributed by atoms with Gasteiger partial charge in [0.25, 0.3) is 11.1 Å². The van der Waals surface area contributed by atoms with Gasteiger partial charge in [-0.2, -0.15) is 0 Å². The number of benzene rings is 1. The van der Waals surface area contributed by atoms with Crippen molar-refractivity contribution in [2.75, 3.05) is 20.8 Å². The summed E-state index contributed by atoms with van der Waals surface area (Å²) in [5.41, 5.74) is 0.677. The lowest BCUT2D eigenvalue weighted by atomic mass is 10.1. The first kappa shape index (κ1) is 16.9. The molecule has 1 aromatic rings. The highest BCUT2D eigenvalue weighted by Gasteiger charge is 2.34. The lowest BCUT2D eigenvalue weighted by molar-refractivity contribution is -0.122. The molecule has 0 saturated carbocycles. The second kappa shape index (κ2) is 7.19. The molecule has 1 aliphatic heterocycles. The summed E-state index contributed by atoms with van der Waals surface area (Å²) in [4.78, 5) is 25.8. The fourth-order valence-corrected chi connectivity index (χ4v) is 3.43. The van der Waals surface area contributed by atoms with Crippen molar-refractivity contribution in [3.05, 3.63) is 27.1 Å². The van der Waals surface area contributed by atoms with Crippen LogP contribution >= 0.6 is 27.7 Å². The summed E-state index contributed by atoms with van der Waals surface area (Å²) in [5.74, 6) is 0.807. The van der Waals surface area contributed by atoms with Gasteiger partial charge >= 0.3 is 0 Å². The number of carbonyl (C=O) groups is 2. The van der Waals surface area contributed by atoms with Gasteiger partial charge in [-0.1, -0.05) is 22.9 Å². The third kappa shape index (κ3) is 3.30. The Bertz CT molecular complexity index is 645. The Morgan fingerprint density at radius 1 is 1.27 bits per heavy atom. The molecular formula is C15H16BrNO4S. The van der Waals surface area contributed by atoms with Crippen LogP contribution < -0.4 is 9.47 Å². The van der Waals surface area contributed by atoms with Gasteiger partial charge in [0, 0.05) is 16.6 Å². The van der Waals surface area contributed by atoms with Crippen LogP contribution in [-0.4, -0.2) is 36.8 Å². The Labute approximate surface area is 141 Å². The maximum Gasteiger partial charge on any atom is 0.293 e. The molecule has 7 heteroatoms. The first-order valence-electron chi connectivity index (χ1n) is 6.68. The van der Waals surface area contributed by atoms with Gasteiger partial charge in [0.2, 0.25) is 0 Å². The highest BCUT2D eigenvalue weighted by Crippen LogP contribution is 2.39. The normalized spacial score (nSPS) is 16.5. The van der Waals surface area contributed by atoms with Crippen LogP contribution in [-0.2, 0) is 4.79 Å². The van der Waals surface area contributed by atoms with Crippen LogP contribution in [0, 0.1) is 0 Å². The minimum Gasteiger partial charge on any atom is -0.493 e. The number of ether oxygens (including phenoxy) is 2. The maximum atomic E-state index is 12.3. The lowest BCUT2D eigenvalue weighted by Crippen LogP contribution is -2.28. The summed E-state index contributed by atoms with van der Waals surface area (Å²) in [7, 11) is 3.08. The van der Waals surface area contributed by atoms with Crippen LogP contribution in [0.4, 0.5) is 4.79 Å². The van der Waals surface area contributed by atoms with Crippen LogP contribution in [0.1, 0.15) is 18.9 Å². The van der Waals surface area contributed by atoms with Crippen molar-refractivity contribution >= 4 is 44.9 Å². The number of thioether (sulfide) groups is 1. The fraction of sp³-hybridized carbons (Fsp3) is 0.333. The molecule has 22 heavy (non-hydrogen) atoms. The zero-order chi connectivity index (χ0) is 16.3. The summed E-state index contributed by atoms with van der Waals surface area (Å²) in [6.45, 7) is 2.36. The van der Waals surface area contributed by atoms with E-state index in [1.54, 1.807) is 19.3 Å². The summed E-state index contributed by atoms with van der Waals surface area (Å²) in [6, 6.07) is 3.59. The van der Waals surface area contributed by atoms with Crippen molar-refractivity contribution in [1.82, 2.24) is 4.90 Å². The van der Waals surface area contributed by atoms with Crippen molar-refractivity contribution in [3.63, 3.8) is 0 Å². The van der Waals surface area contributed by atoms with Crippen molar-refractivity contribution in [2.45, 2.75) is 13.3 Å². The monoisotopic (exact) mass is 385 g/mol. The summed E-state index contributed by atoms with van der Waals surface area (Å²) < 4.78 is 11.4. The van der Waals surface area contributed by atoms with E-state index in [9.17, 15) is 9.59 Å². The number of hydrogen-bond donors (Lipinski definition) is 0. The fourth-order valence-electron chi connectivity index (χ4n) is 2.12. The van der Waals surface area contributed by atoms with Gasteiger partial charge in [-0.25, -0.2) is 0 Å². The highest BCUT2D eigenvalue weighted by atomic mass is 79.9. The molecule has 2 rings (SSSR count). The topological polar surface area (TPSA) is 55.8 Å². The molecule has 0 radical (unpaired) electrons. The van der Waals surface area contributed by atoms with E-state index >= 15 is 0 Å². The molecule has 0 atom stereocenters. The molecule has 0 unspecified atom stereocenters. The van der Waals surface area contributed by atoms with Gasteiger partial charge in [0.05, 0.1) is 19.1 Å². The Kier molecular flexibility index (Phi) is 5.52. The number of carbonyl (C=O) groups excluding carboxylic acids is 2. The van der Waals surface area contributed by atoms with Gasteiger partial charge in [0.15, 0.2) is 11.5 Å². The molecule has 0 bridgehead atoms. The molecule has 0 N–H and O–H groups in total. The number of amides is 2. The van der Waals surface area contributed by atoms with Gasteiger partial charge in [-0.05, 0) is 36.4 Å². The number of rotatable bonds is 5. The SMILES string of the molecule is CCCN1C(=O)S/C(=C/c2cc(Br)cc(OC)c2OC)C1=O. The average molecular weight is 386 g/mol. The predicted octanol–water partition coefficient (Wildman–Crippen LogP) is 3.91. The van der Waals surface area contributed by atoms with Gasteiger partial charge in [-0.3, -0.25) is 14.5 Å². The third-order valence-electron chi connectivity index (χ3n) is 3.08. The zero-order valence-corrected chi connectivity index (χ0v) is 14.9. The second-order valence-corrected chi connectivity index (χ2v) is 6.47. The van der Waals surface area contributed by atoms with E-state index in [-0.39, 0.29) is 11.1 Å². The van der Waals surface area contributed by atoms with Crippen molar-refractivity contribution in [3.8, 4) is 11.5 Å². The summed E-state index contributed by atoms with van der Waals surface area (Å²) in [5, 5.41) is -0.237. The highest BCUT2D eigenvalue weighted by molar-refractivity contribution is 9.10. The molecule has 1 aliphatic rings. The van der Waals surface area contributed by atoms with Gasteiger partial charge in [-0.15, -0.1) is 0 Å². The molecule has 1 fully saturated rings. The Hall–Kier alpha value is -1.47. The summed E-state index contributed by atoms with van der Waals surface area (Å²) >= 11 is 4.34. The predicted molar refractivity (Wildman–Crippen MR) is 90.2 cm³/mol. The van der Waals surface area contributed by atoms with E-state index in [1.807, 2.05) is 13.0 Å². The molecule has 1 heterocycles. The zero-order valence-electron chi connectivity index (χ0n) is 12.5.